The number of carboxylic acid groups (broad SMARTS) is 1. The molecule has 1 aromatic carbocycles. The van der Waals surface area contributed by atoms with E-state index in [0.717, 1.165) is 18.2 Å². The second kappa shape index (κ2) is 5.00. The normalized spacial score (nSPS) is 14.5. The quantitative estimate of drug-likeness (QED) is 0.709. The Labute approximate surface area is 91.1 Å². The molecule has 0 aliphatic heterocycles. The van der Waals surface area contributed by atoms with E-state index in [1.807, 2.05) is 0 Å². The molecule has 4 nitrogen and oxygen atoms in total. The number of halogens is 2. The summed E-state index contributed by atoms with van der Waals surface area (Å²) in [4.78, 5) is 10.7. The van der Waals surface area contributed by atoms with Gasteiger partial charge in [-0.05, 0) is 25.2 Å². The zero-order valence-electron chi connectivity index (χ0n) is 8.58. The Hall–Kier alpha value is -1.53. The zero-order chi connectivity index (χ0) is 12.3. The Kier molecular flexibility index (Phi) is 3.92. The molecule has 0 spiro atoms. The van der Waals surface area contributed by atoms with Crippen molar-refractivity contribution in [3.63, 3.8) is 0 Å². The van der Waals surface area contributed by atoms with Crippen molar-refractivity contribution < 1.29 is 18.7 Å². The van der Waals surface area contributed by atoms with Crippen LogP contribution in [0.4, 0.5) is 8.78 Å². The molecule has 0 saturated heterocycles. The first-order valence-electron chi connectivity index (χ1n) is 4.58. The molecule has 0 aliphatic carbocycles. The van der Waals surface area contributed by atoms with E-state index in [0.29, 0.717) is 0 Å². The smallest absolute Gasteiger partial charge is 0.322 e. The summed E-state index contributed by atoms with van der Waals surface area (Å²) in [7, 11) is 1.43. The van der Waals surface area contributed by atoms with Gasteiger partial charge in [-0.15, -0.1) is 0 Å². The van der Waals surface area contributed by atoms with Crippen molar-refractivity contribution in [2.45, 2.75) is 12.1 Å². The summed E-state index contributed by atoms with van der Waals surface area (Å²) in [5, 5.41) is 11.3. The third kappa shape index (κ3) is 2.53. The average Bonchev–Trinajstić information content (AvgIpc) is 2.23. The lowest BCUT2D eigenvalue weighted by atomic mass is 9.99. The minimum atomic E-state index is -1.35. The Morgan fingerprint density at radius 3 is 2.62 bits per heavy atom. The summed E-state index contributed by atoms with van der Waals surface area (Å²) in [6.45, 7) is 0. The third-order valence-electron chi connectivity index (χ3n) is 2.25. The van der Waals surface area contributed by atoms with Gasteiger partial charge in [0.25, 0.3) is 0 Å². The third-order valence-corrected chi connectivity index (χ3v) is 2.25. The average molecular weight is 230 g/mol. The van der Waals surface area contributed by atoms with Gasteiger partial charge in [0.1, 0.15) is 17.7 Å². The molecule has 16 heavy (non-hydrogen) atoms. The highest BCUT2D eigenvalue weighted by Gasteiger charge is 2.26. The molecule has 2 atom stereocenters. The van der Waals surface area contributed by atoms with Crippen LogP contribution in [0.1, 0.15) is 11.6 Å². The molecule has 0 amide bonds. The zero-order valence-corrected chi connectivity index (χ0v) is 8.58. The van der Waals surface area contributed by atoms with Gasteiger partial charge < -0.3 is 16.2 Å². The second-order valence-corrected chi connectivity index (χ2v) is 3.30. The van der Waals surface area contributed by atoms with Crippen molar-refractivity contribution in [1.82, 2.24) is 5.32 Å². The number of hydrogen-bond donors (Lipinski definition) is 3. The molecule has 1 rings (SSSR count). The number of likely N-dealkylation sites (N-methyl/N-ethyl adjacent to an activating group) is 1. The van der Waals surface area contributed by atoms with Crippen molar-refractivity contribution in [1.29, 1.82) is 0 Å². The number of hydrogen-bond acceptors (Lipinski definition) is 3. The SMILES string of the molecule is CNC(c1cc(F)ccc1F)C(N)C(=O)O. The molecule has 6 heteroatoms. The number of nitrogens with one attached hydrogen (secondary N) is 1. The van der Waals surface area contributed by atoms with E-state index in [2.05, 4.69) is 5.32 Å². The molecule has 2 unspecified atom stereocenters. The van der Waals surface area contributed by atoms with E-state index in [4.69, 9.17) is 10.8 Å². The summed E-state index contributed by atoms with van der Waals surface area (Å²) in [6, 6.07) is 0.496. The van der Waals surface area contributed by atoms with Crippen LogP contribution in [0.2, 0.25) is 0 Å². The van der Waals surface area contributed by atoms with Gasteiger partial charge in [-0.2, -0.15) is 0 Å². The maximum absolute atomic E-state index is 13.4. The molecule has 0 aromatic heterocycles. The largest absolute Gasteiger partial charge is 0.480 e. The highest BCUT2D eigenvalue weighted by atomic mass is 19.1. The molecule has 0 fully saturated rings. The molecule has 4 N–H and O–H groups in total. The Morgan fingerprint density at radius 1 is 1.50 bits per heavy atom. The predicted molar refractivity (Wildman–Crippen MR) is 53.8 cm³/mol. The fourth-order valence-electron chi connectivity index (χ4n) is 1.42. The highest BCUT2D eigenvalue weighted by Crippen LogP contribution is 2.20. The fourth-order valence-corrected chi connectivity index (χ4v) is 1.42. The number of aliphatic carboxylic acids is 1. The van der Waals surface area contributed by atoms with Crippen LogP contribution in [0.3, 0.4) is 0 Å². The van der Waals surface area contributed by atoms with E-state index in [1.165, 1.54) is 7.05 Å². The standard InChI is InChI=1S/C10H12F2N2O2/c1-14-9(8(13)10(15)16)6-4-5(11)2-3-7(6)12/h2-4,8-9,14H,13H2,1H3,(H,15,16). The van der Waals surface area contributed by atoms with Crippen LogP contribution >= 0.6 is 0 Å². The van der Waals surface area contributed by atoms with E-state index >= 15 is 0 Å². The minimum Gasteiger partial charge on any atom is -0.480 e. The monoisotopic (exact) mass is 230 g/mol. The minimum absolute atomic E-state index is 0.0996. The van der Waals surface area contributed by atoms with Crippen LogP contribution in [0.25, 0.3) is 0 Å². The van der Waals surface area contributed by atoms with Gasteiger partial charge in [0.2, 0.25) is 0 Å². The molecular formula is C10H12F2N2O2. The van der Waals surface area contributed by atoms with E-state index in [-0.39, 0.29) is 5.56 Å². The van der Waals surface area contributed by atoms with E-state index in [9.17, 15) is 13.6 Å². The van der Waals surface area contributed by atoms with Crippen LogP contribution < -0.4 is 11.1 Å². The summed E-state index contributed by atoms with van der Waals surface area (Å²) >= 11 is 0. The molecule has 0 aliphatic rings. The predicted octanol–water partition coefficient (Wildman–Crippen LogP) is 0.637. The van der Waals surface area contributed by atoms with Crippen molar-refractivity contribution in [2.24, 2.45) is 5.73 Å². The Bertz CT molecular complexity index is 398. The maximum Gasteiger partial charge on any atom is 0.322 e. The van der Waals surface area contributed by atoms with E-state index in [1.54, 1.807) is 0 Å². The molecule has 0 heterocycles. The van der Waals surface area contributed by atoms with Crippen LogP contribution in [0.5, 0.6) is 0 Å². The molecule has 0 radical (unpaired) electrons. The molecule has 88 valence electrons. The number of carbonyl (C=O) groups is 1. The lowest BCUT2D eigenvalue weighted by Crippen LogP contribution is -2.42. The first-order chi connectivity index (χ1) is 7.47. The van der Waals surface area contributed by atoms with Gasteiger partial charge in [-0.1, -0.05) is 0 Å². The summed E-state index contributed by atoms with van der Waals surface area (Å²) in [6.07, 6.45) is 0. The van der Waals surface area contributed by atoms with Gasteiger partial charge >= 0.3 is 5.97 Å². The Morgan fingerprint density at radius 2 is 2.12 bits per heavy atom. The van der Waals surface area contributed by atoms with Gasteiger partial charge in [0, 0.05) is 5.56 Å². The highest BCUT2D eigenvalue weighted by molar-refractivity contribution is 5.74. The van der Waals surface area contributed by atoms with Crippen molar-refractivity contribution >= 4 is 5.97 Å². The van der Waals surface area contributed by atoms with Crippen molar-refractivity contribution in [3.8, 4) is 0 Å². The van der Waals surface area contributed by atoms with Gasteiger partial charge in [-0.3, -0.25) is 4.79 Å². The fraction of sp³-hybridized carbons (Fsp3) is 0.300. The topological polar surface area (TPSA) is 75.3 Å². The first-order valence-corrected chi connectivity index (χ1v) is 4.58. The van der Waals surface area contributed by atoms with Crippen LogP contribution in [0, 0.1) is 11.6 Å². The molecule has 1 aromatic rings. The van der Waals surface area contributed by atoms with Crippen LogP contribution in [-0.2, 0) is 4.79 Å². The summed E-state index contributed by atoms with van der Waals surface area (Å²) in [5.41, 5.74) is 5.27. The molecule has 0 bridgehead atoms. The molecular weight excluding hydrogens is 218 g/mol. The number of rotatable bonds is 4. The van der Waals surface area contributed by atoms with Gasteiger partial charge in [-0.25, -0.2) is 8.78 Å². The van der Waals surface area contributed by atoms with E-state index < -0.39 is 29.7 Å². The van der Waals surface area contributed by atoms with Crippen molar-refractivity contribution in [2.75, 3.05) is 7.05 Å². The van der Waals surface area contributed by atoms with Crippen LogP contribution in [-0.4, -0.2) is 24.2 Å². The summed E-state index contributed by atoms with van der Waals surface area (Å²) in [5.74, 6) is -2.63. The maximum atomic E-state index is 13.4. The number of benzene rings is 1. The number of carboxylic acids is 1. The summed E-state index contributed by atoms with van der Waals surface area (Å²) < 4.78 is 26.3. The number of nitrogens with two attached hydrogens (primary N) is 1. The Balaban J connectivity index is 3.12. The molecule has 0 saturated carbocycles. The van der Waals surface area contributed by atoms with Gasteiger partial charge in [0.15, 0.2) is 0 Å². The second-order valence-electron chi connectivity index (χ2n) is 3.30. The van der Waals surface area contributed by atoms with Gasteiger partial charge in [0.05, 0.1) is 6.04 Å². The van der Waals surface area contributed by atoms with Crippen molar-refractivity contribution in [3.05, 3.63) is 35.4 Å². The lowest BCUT2D eigenvalue weighted by molar-refractivity contribution is -0.139. The first kappa shape index (κ1) is 12.5. The lowest BCUT2D eigenvalue weighted by Gasteiger charge is -2.21. The van der Waals surface area contributed by atoms with Crippen LogP contribution in [0.15, 0.2) is 18.2 Å².